The first kappa shape index (κ1) is 28.9. The summed E-state index contributed by atoms with van der Waals surface area (Å²) in [4.78, 5) is 17.5. The van der Waals surface area contributed by atoms with E-state index in [1.165, 1.54) is 0 Å². The highest BCUT2D eigenvalue weighted by Crippen LogP contribution is 2.71. The van der Waals surface area contributed by atoms with Crippen LogP contribution in [0.5, 0.6) is 0 Å². The Hall–Kier alpha value is -1.65. The number of halogens is 4. The lowest BCUT2D eigenvalue weighted by molar-refractivity contribution is -0.151. The van der Waals surface area contributed by atoms with Crippen molar-refractivity contribution in [3.63, 3.8) is 0 Å². The highest BCUT2D eigenvalue weighted by Gasteiger charge is 2.75. The molecule has 4 fully saturated rings. The normalized spacial score (nSPS) is 30.3. The lowest BCUT2D eigenvalue weighted by Gasteiger charge is -2.73. The molecule has 0 radical (unpaired) electrons. The molecule has 4 saturated carbocycles. The minimum Gasteiger partial charge on any atom is -0.366 e. The van der Waals surface area contributed by atoms with Gasteiger partial charge in [-0.2, -0.15) is 17.5 Å². The van der Waals surface area contributed by atoms with Crippen molar-refractivity contribution in [3.8, 4) is 0 Å². The summed E-state index contributed by atoms with van der Waals surface area (Å²) in [5, 5.41) is 3.61. The Bertz CT molecular complexity index is 1220. The van der Waals surface area contributed by atoms with E-state index in [-0.39, 0.29) is 35.8 Å². The van der Waals surface area contributed by atoms with Crippen molar-refractivity contribution in [2.75, 3.05) is 0 Å². The fourth-order valence-electron chi connectivity index (χ4n) is 7.12. The van der Waals surface area contributed by atoms with Crippen LogP contribution in [0.1, 0.15) is 90.0 Å². The number of Topliss-reactive ketones (excluding diaryl/α,β-unsaturated/α-hetero) is 1. The number of aliphatic imine (C=N–C) groups is 1. The van der Waals surface area contributed by atoms with Gasteiger partial charge in [0.2, 0.25) is 10.0 Å². The van der Waals surface area contributed by atoms with Gasteiger partial charge in [0, 0.05) is 35.4 Å². The van der Waals surface area contributed by atoms with E-state index >= 15 is 0 Å². The zero-order valence-corrected chi connectivity index (χ0v) is 24.1. The predicted octanol–water partition coefficient (Wildman–Crippen LogP) is 6.18. The third-order valence-electron chi connectivity index (χ3n) is 9.12. The Balaban J connectivity index is 1.32. The molecule has 1 aliphatic heterocycles. The van der Waals surface area contributed by atoms with Gasteiger partial charge in [0.25, 0.3) is 0 Å². The van der Waals surface area contributed by atoms with E-state index in [1.807, 2.05) is 26.0 Å². The minimum atomic E-state index is -4.28. The van der Waals surface area contributed by atoms with Gasteiger partial charge in [-0.3, -0.25) is 9.79 Å². The monoisotopic (exact) mass is 587 g/mol. The zero-order valence-electron chi connectivity index (χ0n) is 22.5. The van der Waals surface area contributed by atoms with Crippen LogP contribution in [0.4, 0.5) is 13.2 Å². The van der Waals surface area contributed by atoms with Crippen LogP contribution < -0.4 is 5.32 Å². The molecular formula is C28H37ClF3N3O3S. The largest absolute Gasteiger partial charge is 0.389 e. The number of nitrogens with zero attached hydrogens (tertiary/aromatic N) is 2. The van der Waals surface area contributed by atoms with Crippen LogP contribution in [0.25, 0.3) is 0 Å². The molecule has 1 aromatic rings. The molecule has 11 heteroatoms. The van der Waals surface area contributed by atoms with Gasteiger partial charge in [0.05, 0.1) is 10.8 Å². The molecule has 2 bridgehead atoms. The van der Waals surface area contributed by atoms with Crippen molar-refractivity contribution in [1.82, 2.24) is 9.62 Å². The molecule has 0 spiro atoms. The summed E-state index contributed by atoms with van der Waals surface area (Å²) in [5.41, 5.74) is -0.623. The number of amidine groups is 1. The minimum absolute atomic E-state index is 0.169. The van der Waals surface area contributed by atoms with Crippen LogP contribution in [0, 0.1) is 5.41 Å². The van der Waals surface area contributed by atoms with Gasteiger partial charge in [0.15, 0.2) is 5.78 Å². The first-order valence-electron chi connectivity index (χ1n) is 13.9. The summed E-state index contributed by atoms with van der Waals surface area (Å²) in [6.07, 6.45) is 0.452. The second-order valence-corrected chi connectivity index (χ2v) is 15.2. The van der Waals surface area contributed by atoms with Gasteiger partial charge in [-0.05, 0) is 70.1 Å². The highest BCUT2D eigenvalue weighted by atomic mass is 35.5. The summed E-state index contributed by atoms with van der Waals surface area (Å²) in [6, 6.07) is 6.54. The molecule has 6 nitrogen and oxygen atoms in total. The molecule has 1 aromatic carbocycles. The Labute approximate surface area is 233 Å². The van der Waals surface area contributed by atoms with Crippen molar-refractivity contribution < 1.29 is 26.4 Å². The Morgan fingerprint density at radius 3 is 2.31 bits per heavy atom. The number of carbonyl (C=O) groups is 1. The molecular weight excluding hydrogens is 551 g/mol. The molecule has 39 heavy (non-hydrogen) atoms. The third-order valence-corrected chi connectivity index (χ3v) is 11.8. The second-order valence-electron chi connectivity index (χ2n) is 12.6. The molecule has 0 unspecified atom stereocenters. The van der Waals surface area contributed by atoms with E-state index in [2.05, 4.69) is 5.32 Å². The van der Waals surface area contributed by atoms with Gasteiger partial charge in [-0.1, -0.05) is 43.0 Å². The van der Waals surface area contributed by atoms with Crippen molar-refractivity contribution >= 4 is 33.2 Å². The molecule has 6 rings (SSSR count). The quantitative estimate of drug-likeness (QED) is 0.355. The number of alkyl halides is 3. The van der Waals surface area contributed by atoms with Crippen molar-refractivity contribution in [1.29, 1.82) is 0 Å². The zero-order chi connectivity index (χ0) is 28.3. The van der Waals surface area contributed by atoms with Crippen LogP contribution in [-0.2, 0) is 21.4 Å². The predicted molar refractivity (Wildman–Crippen MR) is 145 cm³/mol. The van der Waals surface area contributed by atoms with Crippen molar-refractivity contribution in [2.24, 2.45) is 10.4 Å². The number of hydrogen-bond acceptors (Lipinski definition) is 5. The lowest BCUT2D eigenvalue weighted by Crippen LogP contribution is -2.79. The standard InChI is InChI=1S/C28H37ClF3N3O3S/c1-25(2)23(22(36)9-6-14-28(30,31)32)33-24(34-25)26-16-27(17-26,18-26)35(15-19-10-12-20(29)13-11-19)39(37,38)21-7-4-3-5-8-21/h10-13,21,23H,3-9,14-18H2,1-2H3,(H,33,34)/t23-,26?,27?/m0/s1. The number of benzene rings is 1. The van der Waals surface area contributed by atoms with E-state index in [1.54, 1.807) is 16.4 Å². The summed E-state index contributed by atoms with van der Waals surface area (Å²) in [7, 11) is -3.54. The highest BCUT2D eigenvalue weighted by molar-refractivity contribution is 7.89. The summed E-state index contributed by atoms with van der Waals surface area (Å²) < 4.78 is 67.4. The summed E-state index contributed by atoms with van der Waals surface area (Å²) in [5.74, 6) is 0.405. The second kappa shape index (κ2) is 10.0. The molecule has 216 valence electrons. The molecule has 0 amide bonds. The smallest absolute Gasteiger partial charge is 0.366 e. The molecule has 1 N–H and O–H groups in total. The molecule has 4 aliphatic carbocycles. The van der Waals surface area contributed by atoms with Gasteiger partial charge in [0.1, 0.15) is 11.9 Å². The van der Waals surface area contributed by atoms with Gasteiger partial charge >= 0.3 is 6.18 Å². The number of sulfonamides is 1. The van der Waals surface area contributed by atoms with Crippen LogP contribution in [-0.4, -0.2) is 52.9 Å². The maximum atomic E-state index is 14.0. The first-order valence-corrected chi connectivity index (χ1v) is 15.8. The fourth-order valence-corrected chi connectivity index (χ4v) is 9.59. The number of nitrogens with one attached hydrogen (secondary N) is 1. The fraction of sp³-hybridized carbons (Fsp3) is 0.714. The Morgan fingerprint density at radius 2 is 1.72 bits per heavy atom. The molecule has 0 aromatic heterocycles. The Morgan fingerprint density at radius 1 is 1.10 bits per heavy atom. The summed E-state index contributed by atoms with van der Waals surface area (Å²) in [6.45, 7) is 3.98. The van der Waals surface area contributed by atoms with Gasteiger partial charge < -0.3 is 5.32 Å². The van der Waals surface area contributed by atoms with E-state index < -0.39 is 39.7 Å². The lowest BCUT2D eigenvalue weighted by atomic mass is 9.38. The summed E-state index contributed by atoms with van der Waals surface area (Å²) >= 11 is 6.07. The molecule has 1 heterocycles. The maximum Gasteiger partial charge on any atom is 0.389 e. The average Bonchev–Trinajstić information content (AvgIpc) is 3.12. The van der Waals surface area contributed by atoms with E-state index in [0.29, 0.717) is 43.0 Å². The van der Waals surface area contributed by atoms with Crippen molar-refractivity contribution in [3.05, 3.63) is 34.9 Å². The molecule has 1 atom stereocenters. The molecule has 0 saturated heterocycles. The number of hydrogen-bond donors (Lipinski definition) is 1. The van der Waals surface area contributed by atoms with Crippen LogP contribution in [0.15, 0.2) is 29.3 Å². The van der Waals surface area contributed by atoms with Gasteiger partial charge in [-0.25, -0.2) is 8.42 Å². The topological polar surface area (TPSA) is 78.8 Å². The maximum absolute atomic E-state index is 14.0. The third kappa shape index (κ3) is 5.49. The van der Waals surface area contributed by atoms with Crippen LogP contribution in [0.2, 0.25) is 5.02 Å². The number of ketones is 1. The number of carbonyl (C=O) groups excluding carboxylic acids is 1. The van der Waals surface area contributed by atoms with E-state index in [0.717, 1.165) is 24.8 Å². The van der Waals surface area contributed by atoms with E-state index in [4.69, 9.17) is 16.6 Å². The van der Waals surface area contributed by atoms with Crippen LogP contribution in [0.3, 0.4) is 0 Å². The SMILES string of the molecule is CC1(C)NC(C23CC(N(Cc4ccc(Cl)cc4)S(=O)(=O)C4CCCCC4)(C2)C3)=N[C@H]1C(=O)CCCC(F)(F)F. The van der Waals surface area contributed by atoms with Crippen LogP contribution >= 0.6 is 11.6 Å². The number of rotatable bonds is 10. The van der Waals surface area contributed by atoms with Gasteiger partial charge in [-0.15, -0.1) is 0 Å². The van der Waals surface area contributed by atoms with Crippen molar-refractivity contribution in [2.45, 2.75) is 120 Å². The molecule has 5 aliphatic rings. The Kier molecular flexibility index (Phi) is 7.41. The van der Waals surface area contributed by atoms with E-state index in [9.17, 15) is 26.4 Å². The first-order chi connectivity index (χ1) is 18.2. The average molecular weight is 588 g/mol.